The molecule has 2 aromatic rings. The van der Waals surface area contributed by atoms with E-state index in [1.807, 2.05) is 11.9 Å². The Morgan fingerprint density at radius 1 is 1.35 bits per heavy atom. The summed E-state index contributed by atoms with van der Waals surface area (Å²) in [7, 11) is 3.50. The highest BCUT2D eigenvalue weighted by Crippen LogP contribution is 2.45. The molecule has 1 N–H and O–H groups in total. The highest BCUT2D eigenvalue weighted by molar-refractivity contribution is 6.38. The van der Waals surface area contributed by atoms with Gasteiger partial charge in [-0.15, -0.1) is 0 Å². The van der Waals surface area contributed by atoms with Gasteiger partial charge in [-0.25, -0.2) is 9.18 Å². The standard InChI is InChI=1S/C21H22ClFN4O4/c1-25-8-21(9-25)10-26(7-15(21)24-31-2)18-14(23)5-12-17(16(18)22)27(11-3-4-11)6-13(19(12)28)20(29)30/h5-6,11H,3-4,7-10H2,1-2H3,(H,29,30)/b24-15+. The Hall–Kier alpha value is -2.65. The number of halogens is 2. The van der Waals surface area contributed by atoms with Gasteiger partial charge in [0, 0.05) is 31.9 Å². The van der Waals surface area contributed by atoms with Crippen molar-refractivity contribution in [2.45, 2.75) is 18.9 Å². The zero-order valence-electron chi connectivity index (χ0n) is 17.2. The van der Waals surface area contributed by atoms with Crippen LogP contribution < -0.4 is 10.3 Å². The van der Waals surface area contributed by atoms with Crippen LogP contribution in [0.4, 0.5) is 10.1 Å². The van der Waals surface area contributed by atoms with Gasteiger partial charge in [-0.05, 0) is 26.0 Å². The minimum absolute atomic E-state index is 0.0129. The molecule has 31 heavy (non-hydrogen) atoms. The zero-order valence-corrected chi connectivity index (χ0v) is 17.9. The number of likely N-dealkylation sites (tertiary alicyclic amines) is 1. The fraction of sp³-hybridized carbons (Fsp3) is 0.476. The van der Waals surface area contributed by atoms with Crippen LogP contribution in [0.25, 0.3) is 10.9 Å². The van der Waals surface area contributed by atoms with E-state index in [4.69, 9.17) is 16.4 Å². The molecule has 5 rings (SSSR count). The van der Waals surface area contributed by atoms with E-state index in [2.05, 4.69) is 10.1 Å². The number of benzene rings is 1. The average Bonchev–Trinajstić information content (AvgIpc) is 3.46. The Kier molecular flexibility index (Phi) is 4.53. The van der Waals surface area contributed by atoms with Gasteiger partial charge in [0.2, 0.25) is 5.43 Å². The van der Waals surface area contributed by atoms with Crippen molar-refractivity contribution in [1.29, 1.82) is 0 Å². The molecule has 0 unspecified atom stereocenters. The van der Waals surface area contributed by atoms with E-state index >= 15 is 4.39 Å². The van der Waals surface area contributed by atoms with Gasteiger partial charge >= 0.3 is 5.97 Å². The van der Waals surface area contributed by atoms with E-state index < -0.39 is 17.2 Å². The number of anilines is 1. The third kappa shape index (κ3) is 3.02. The van der Waals surface area contributed by atoms with Gasteiger partial charge in [0.25, 0.3) is 0 Å². The van der Waals surface area contributed by atoms with E-state index in [0.29, 0.717) is 18.6 Å². The predicted octanol–water partition coefficient (Wildman–Crippen LogP) is 2.58. The molecule has 8 nitrogen and oxygen atoms in total. The smallest absolute Gasteiger partial charge is 0.341 e. The van der Waals surface area contributed by atoms with Crippen LogP contribution in [0.15, 0.2) is 22.2 Å². The fourth-order valence-corrected chi connectivity index (χ4v) is 5.45. The summed E-state index contributed by atoms with van der Waals surface area (Å²) in [6, 6.07) is 1.17. The molecule has 164 valence electrons. The second kappa shape index (κ2) is 6.93. The quantitative estimate of drug-likeness (QED) is 0.723. The number of hydrogen-bond acceptors (Lipinski definition) is 6. The molecule has 1 aromatic heterocycles. The maximum atomic E-state index is 15.4. The van der Waals surface area contributed by atoms with E-state index in [1.165, 1.54) is 13.3 Å². The van der Waals surface area contributed by atoms with Crippen molar-refractivity contribution < 1.29 is 19.1 Å². The van der Waals surface area contributed by atoms with Gasteiger partial charge in [-0.3, -0.25) is 4.79 Å². The van der Waals surface area contributed by atoms with Crippen molar-refractivity contribution in [2.24, 2.45) is 10.6 Å². The van der Waals surface area contributed by atoms with Crippen molar-refractivity contribution >= 4 is 39.9 Å². The number of carboxylic acid groups (broad SMARTS) is 1. The lowest BCUT2D eigenvalue weighted by atomic mass is 9.78. The van der Waals surface area contributed by atoms with Gasteiger partial charge in [0.05, 0.1) is 39.3 Å². The first-order chi connectivity index (χ1) is 14.8. The Morgan fingerprint density at radius 3 is 2.65 bits per heavy atom. The number of fused-ring (bicyclic) bond motifs is 1. The second-order valence-corrected chi connectivity index (χ2v) is 9.14. The fourth-order valence-electron chi connectivity index (χ4n) is 5.04. The summed E-state index contributed by atoms with van der Waals surface area (Å²) in [5.74, 6) is -1.99. The first-order valence-corrected chi connectivity index (χ1v) is 10.5. The van der Waals surface area contributed by atoms with Crippen LogP contribution in [0.1, 0.15) is 29.2 Å². The van der Waals surface area contributed by atoms with Crippen LogP contribution in [-0.2, 0) is 4.84 Å². The Morgan fingerprint density at radius 2 is 2.06 bits per heavy atom. The molecule has 0 radical (unpaired) electrons. The maximum absolute atomic E-state index is 15.4. The van der Waals surface area contributed by atoms with Gasteiger partial charge in [-0.1, -0.05) is 16.8 Å². The van der Waals surface area contributed by atoms with Crippen molar-refractivity contribution in [3.05, 3.63) is 38.9 Å². The Balaban J connectivity index is 1.68. The third-order valence-electron chi connectivity index (χ3n) is 6.46. The molecule has 1 aromatic carbocycles. The Labute approximate surface area is 182 Å². The van der Waals surface area contributed by atoms with Crippen LogP contribution in [0.3, 0.4) is 0 Å². The third-order valence-corrected chi connectivity index (χ3v) is 6.82. The average molecular weight is 449 g/mol. The molecule has 3 aliphatic rings. The number of hydrogen-bond donors (Lipinski definition) is 1. The number of oxime groups is 1. The number of aromatic nitrogens is 1. The zero-order chi connectivity index (χ0) is 22.1. The van der Waals surface area contributed by atoms with E-state index in [0.717, 1.165) is 37.7 Å². The lowest BCUT2D eigenvalue weighted by Crippen LogP contribution is -2.59. The largest absolute Gasteiger partial charge is 0.477 e. The van der Waals surface area contributed by atoms with Crippen LogP contribution in [0.2, 0.25) is 5.02 Å². The highest BCUT2D eigenvalue weighted by Gasteiger charge is 2.52. The number of rotatable bonds is 4. The predicted molar refractivity (Wildman–Crippen MR) is 115 cm³/mol. The van der Waals surface area contributed by atoms with E-state index in [1.54, 1.807) is 4.57 Å². The summed E-state index contributed by atoms with van der Waals surface area (Å²) >= 11 is 6.75. The lowest BCUT2D eigenvalue weighted by Gasteiger charge is -2.45. The summed E-state index contributed by atoms with van der Waals surface area (Å²) in [5.41, 5.74) is 0.0959. The molecule has 1 aliphatic carbocycles. The molecule has 3 fully saturated rings. The van der Waals surface area contributed by atoms with Crippen LogP contribution in [-0.4, -0.2) is 66.6 Å². The Bertz CT molecular complexity index is 1200. The van der Waals surface area contributed by atoms with Crippen LogP contribution >= 0.6 is 11.6 Å². The maximum Gasteiger partial charge on any atom is 0.341 e. The lowest BCUT2D eigenvalue weighted by molar-refractivity contribution is 0.0695. The normalized spacial score (nSPS) is 21.8. The second-order valence-electron chi connectivity index (χ2n) is 8.76. The molecular weight excluding hydrogens is 427 g/mol. The summed E-state index contributed by atoms with van der Waals surface area (Å²) in [6.45, 7) is 2.47. The molecule has 2 aliphatic heterocycles. The van der Waals surface area contributed by atoms with Gasteiger partial charge in [0.1, 0.15) is 18.5 Å². The number of carboxylic acids is 1. The molecule has 1 spiro atoms. The van der Waals surface area contributed by atoms with E-state index in [9.17, 15) is 14.7 Å². The topological polar surface area (TPSA) is 87.4 Å². The number of nitrogens with zero attached hydrogens (tertiary/aromatic N) is 4. The molecule has 2 saturated heterocycles. The molecule has 0 atom stereocenters. The number of aromatic carboxylic acids is 1. The highest BCUT2D eigenvalue weighted by atomic mass is 35.5. The summed E-state index contributed by atoms with van der Waals surface area (Å²) in [5, 5.41) is 13.7. The van der Waals surface area contributed by atoms with Crippen LogP contribution in [0, 0.1) is 11.2 Å². The molecule has 0 bridgehead atoms. The van der Waals surface area contributed by atoms with Gasteiger partial charge < -0.3 is 24.3 Å². The van der Waals surface area contributed by atoms with Crippen molar-refractivity contribution in [2.75, 3.05) is 45.2 Å². The number of pyridine rings is 1. The summed E-state index contributed by atoms with van der Waals surface area (Å²) in [6.07, 6.45) is 3.04. The van der Waals surface area contributed by atoms with Crippen LogP contribution in [0.5, 0.6) is 0 Å². The summed E-state index contributed by atoms with van der Waals surface area (Å²) in [4.78, 5) is 33.4. The van der Waals surface area contributed by atoms with E-state index in [-0.39, 0.29) is 33.1 Å². The monoisotopic (exact) mass is 448 g/mol. The number of carbonyl (C=O) groups is 1. The molecule has 1 saturated carbocycles. The molecule has 3 heterocycles. The van der Waals surface area contributed by atoms with Gasteiger partial charge in [0.15, 0.2) is 0 Å². The molecular formula is C21H22ClFN4O4. The van der Waals surface area contributed by atoms with Crippen molar-refractivity contribution in [3.63, 3.8) is 0 Å². The first-order valence-electron chi connectivity index (χ1n) is 10.1. The minimum Gasteiger partial charge on any atom is -0.477 e. The first kappa shape index (κ1) is 20.3. The van der Waals surface area contributed by atoms with Crippen molar-refractivity contribution in [1.82, 2.24) is 9.47 Å². The summed E-state index contributed by atoms with van der Waals surface area (Å²) < 4.78 is 17.1. The van der Waals surface area contributed by atoms with Gasteiger partial charge in [-0.2, -0.15) is 0 Å². The SMILES string of the molecule is CO/N=C1\CN(c2c(F)cc3c(=O)c(C(=O)O)cn(C4CC4)c3c2Cl)CC12CN(C)C2. The minimum atomic E-state index is -1.34. The van der Waals surface area contributed by atoms with Crippen molar-refractivity contribution in [3.8, 4) is 0 Å². The molecule has 0 amide bonds. The molecule has 10 heteroatoms.